The Balaban J connectivity index is 1.61. The summed E-state index contributed by atoms with van der Waals surface area (Å²) in [6.07, 6.45) is 1.60. The smallest absolute Gasteiger partial charge is 0.256 e. The highest BCUT2D eigenvalue weighted by molar-refractivity contribution is 6.13. The van der Waals surface area contributed by atoms with Crippen molar-refractivity contribution in [1.82, 2.24) is 9.97 Å². The van der Waals surface area contributed by atoms with Gasteiger partial charge in [-0.3, -0.25) is 4.79 Å². The average molecular weight is 388 g/mol. The molecule has 0 fully saturated rings. The topological polar surface area (TPSA) is 76.1 Å². The third kappa shape index (κ3) is 4.14. The molecule has 0 saturated heterocycles. The summed E-state index contributed by atoms with van der Waals surface area (Å²) in [6.45, 7) is 0. The molecule has 0 radical (unpaired) electrons. The van der Waals surface area contributed by atoms with Gasteiger partial charge in [0.2, 0.25) is 11.8 Å². The molecule has 0 aliphatic carbocycles. The number of hydrogen-bond donors (Lipinski definition) is 2. The van der Waals surface area contributed by atoms with Crippen LogP contribution < -0.4 is 15.4 Å². The lowest BCUT2D eigenvalue weighted by atomic mass is 10.0. The lowest BCUT2D eigenvalue weighted by molar-refractivity contribution is 0.102. The first-order valence-electron chi connectivity index (χ1n) is 8.91. The molecule has 7 heteroatoms. The molecule has 4 aromatic rings. The number of hydrogen-bond acceptors (Lipinski definition) is 5. The number of fused-ring (bicyclic) bond motifs is 1. The van der Waals surface area contributed by atoms with Crippen LogP contribution in [0.1, 0.15) is 10.4 Å². The third-order valence-corrected chi connectivity index (χ3v) is 4.26. The predicted octanol–water partition coefficient (Wildman–Crippen LogP) is 4.86. The summed E-state index contributed by atoms with van der Waals surface area (Å²) >= 11 is 0. The highest BCUT2D eigenvalue weighted by atomic mass is 19.1. The Kier molecular flexibility index (Phi) is 5.03. The van der Waals surface area contributed by atoms with Crippen LogP contribution in [0.2, 0.25) is 0 Å². The number of halogens is 1. The van der Waals surface area contributed by atoms with E-state index in [2.05, 4.69) is 20.6 Å². The number of benzene rings is 3. The third-order valence-electron chi connectivity index (χ3n) is 4.26. The van der Waals surface area contributed by atoms with Crippen molar-refractivity contribution in [2.24, 2.45) is 0 Å². The highest BCUT2D eigenvalue weighted by Gasteiger charge is 2.12. The summed E-state index contributed by atoms with van der Waals surface area (Å²) in [6, 6.07) is 18.3. The zero-order valence-electron chi connectivity index (χ0n) is 15.5. The number of carbonyl (C=O) groups is 1. The van der Waals surface area contributed by atoms with E-state index < -0.39 is 5.82 Å². The number of rotatable bonds is 5. The second kappa shape index (κ2) is 7.93. The van der Waals surface area contributed by atoms with Crippen molar-refractivity contribution in [2.75, 3.05) is 17.7 Å². The molecule has 0 aliphatic rings. The summed E-state index contributed by atoms with van der Waals surface area (Å²) in [5.74, 6) is 0.724. The van der Waals surface area contributed by atoms with Crippen LogP contribution in [-0.2, 0) is 0 Å². The van der Waals surface area contributed by atoms with Crippen LogP contribution in [0.25, 0.3) is 10.8 Å². The Morgan fingerprint density at radius 1 is 1.03 bits per heavy atom. The molecular formula is C22H17FN4O2. The fourth-order valence-corrected chi connectivity index (χ4v) is 2.93. The molecule has 144 valence electrons. The number of ether oxygens (including phenoxy) is 1. The van der Waals surface area contributed by atoms with Crippen molar-refractivity contribution in [2.45, 2.75) is 0 Å². The van der Waals surface area contributed by atoms with Crippen LogP contribution in [0.5, 0.6) is 11.6 Å². The van der Waals surface area contributed by atoms with Gasteiger partial charge in [-0.15, -0.1) is 0 Å². The first kappa shape index (κ1) is 18.4. The Hall–Kier alpha value is -4.00. The van der Waals surface area contributed by atoms with Crippen LogP contribution in [0.15, 0.2) is 72.9 Å². The van der Waals surface area contributed by atoms with Crippen LogP contribution in [0, 0.1) is 5.82 Å². The van der Waals surface area contributed by atoms with E-state index in [1.807, 2.05) is 18.2 Å². The highest BCUT2D eigenvalue weighted by Crippen LogP contribution is 2.27. The summed E-state index contributed by atoms with van der Waals surface area (Å²) in [4.78, 5) is 21.0. The predicted molar refractivity (Wildman–Crippen MR) is 110 cm³/mol. The molecule has 0 aliphatic heterocycles. The van der Waals surface area contributed by atoms with E-state index in [-0.39, 0.29) is 5.91 Å². The summed E-state index contributed by atoms with van der Waals surface area (Å²) < 4.78 is 19.2. The molecule has 0 atom stereocenters. The van der Waals surface area contributed by atoms with E-state index >= 15 is 0 Å². The first-order valence-corrected chi connectivity index (χ1v) is 8.91. The second-order valence-corrected chi connectivity index (χ2v) is 6.22. The van der Waals surface area contributed by atoms with E-state index in [9.17, 15) is 9.18 Å². The normalized spacial score (nSPS) is 10.6. The van der Waals surface area contributed by atoms with E-state index in [1.54, 1.807) is 49.6 Å². The monoisotopic (exact) mass is 388 g/mol. The minimum Gasteiger partial charge on any atom is -0.439 e. The zero-order chi connectivity index (χ0) is 20.2. The van der Waals surface area contributed by atoms with Gasteiger partial charge in [-0.05, 0) is 53.2 Å². The first-order chi connectivity index (χ1) is 14.1. The van der Waals surface area contributed by atoms with Crippen molar-refractivity contribution in [3.8, 4) is 11.6 Å². The molecule has 2 N–H and O–H groups in total. The molecule has 6 nitrogen and oxygen atoms in total. The molecule has 3 aromatic carbocycles. The number of amides is 1. The molecule has 0 spiro atoms. The maximum atomic E-state index is 13.4. The Bertz CT molecular complexity index is 1200. The fraction of sp³-hybridized carbons (Fsp3) is 0.0455. The van der Waals surface area contributed by atoms with Gasteiger partial charge in [0.25, 0.3) is 5.91 Å². The van der Waals surface area contributed by atoms with Gasteiger partial charge in [-0.2, -0.15) is 4.98 Å². The van der Waals surface area contributed by atoms with Crippen LogP contribution >= 0.6 is 0 Å². The molecule has 0 unspecified atom stereocenters. The van der Waals surface area contributed by atoms with Gasteiger partial charge in [0.1, 0.15) is 11.6 Å². The molecule has 1 amide bonds. The number of nitrogens with zero attached hydrogens (tertiary/aromatic N) is 2. The fourth-order valence-electron chi connectivity index (χ4n) is 2.93. The van der Waals surface area contributed by atoms with Crippen LogP contribution in [-0.4, -0.2) is 22.9 Å². The molecule has 0 saturated carbocycles. The van der Waals surface area contributed by atoms with Crippen LogP contribution in [0.3, 0.4) is 0 Å². The number of carbonyl (C=O) groups excluding carboxylic acids is 1. The van der Waals surface area contributed by atoms with Crippen molar-refractivity contribution in [3.05, 3.63) is 84.3 Å². The van der Waals surface area contributed by atoms with Gasteiger partial charge in [-0.1, -0.05) is 18.2 Å². The molecule has 1 heterocycles. The molecule has 29 heavy (non-hydrogen) atoms. The summed E-state index contributed by atoms with van der Waals surface area (Å²) in [7, 11) is 1.73. The number of nitrogens with one attached hydrogen (secondary N) is 2. The number of aromatic nitrogens is 2. The van der Waals surface area contributed by atoms with Gasteiger partial charge >= 0.3 is 0 Å². The maximum absolute atomic E-state index is 13.4. The summed E-state index contributed by atoms with van der Waals surface area (Å²) in [5.41, 5.74) is 0.883. The van der Waals surface area contributed by atoms with Crippen molar-refractivity contribution in [3.63, 3.8) is 0 Å². The lowest BCUT2D eigenvalue weighted by Crippen LogP contribution is -2.12. The molecule has 4 rings (SSSR count). The second-order valence-electron chi connectivity index (χ2n) is 6.22. The molecular weight excluding hydrogens is 371 g/mol. The average Bonchev–Trinajstić information content (AvgIpc) is 2.73. The van der Waals surface area contributed by atoms with Gasteiger partial charge in [0.05, 0.1) is 0 Å². The van der Waals surface area contributed by atoms with Crippen molar-refractivity contribution >= 4 is 28.3 Å². The Morgan fingerprint density at radius 2 is 1.90 bits per heavy atom. The summed E-state index contributed by atoms with van der Waals surface area (Å²) in [5, 5.41) is 7.17. The van der Waals surface area contributed by atoms with Crippen molar-refractivity contribution < 1.29 is 13.9 Å². The van der Waals surface area contributed by atoms with Gasteiger partial charge in [0, 0.05) is 30.6 Å². The largest absolute Gasteiger partial charge is 0.439 e. The van der Waals surface area contributed by atoms with Gasteiger partial charge in [-0.25, -0.2) is 9.37 Å². The van der Waals surface area contributed by atoms with E-state index in [4.69, 9.17) is 4.74 Å². The van der Waals surface area contributed by atoms with E-state index in [0.717, 1.165) is 10.8 Å². The van der Waals surface area contributed by atoms with Gasteiger partial charge in [0.15, 0.2) is 0 Å². The Labute approximate surface area is 166 Å². The lowest BCUT2D eigenvalue weighted by Gasteiger charge is -2.10. The minimum atomic E-state index is -0.409. The zero-order valence-corrected chi connectivity index (χ0v) is 15.5. The van der Waals surface area contributed by atoms with E-state index in [1.165, 1.54) is 12.1 Å². The standard InChI is InChI=1S/C22H17FN4O2/c1-24-22-25-11-10-20(27-22)29-17-8-9-18-14(12-17)4-2-7-19(18)21(28)26-16-6-3-5-15(23)13-16/h2-13H,1H3,(H,26,28)(H,24,25,27). The quantitative estimate of drug-likeness (QED) is 0.511. The van der Waals surface area contributed by atoms with Crippen molar-refractivity contribution in [1.29, 1.82) is 0 Å². The minimum absolute atomic E-state index is 0.315. The molecule has 1 aromatic heterocycles. The number of anilines is 2. The van der Waals surface area contributed by atoms with Crippen LogP contribution in [0.4, 0.5) is 16.0 Å². The maximum Gasteiger partial charge on any atom is 0.256 e. The van der Waals surface area contributed by atoms with Gasteiger partial charge < -0.3 is 15.4 Å². The molecule has 0 bridgehead atoms. The Morgan fingerprint density at radius 3 is 2.72 bits per heavy atom. The van der Waals surface area contributed by atoms with E-state index in [0.29, 0.717) is 28.8 Å². The SMILES string of the molecule is CNc1nccc(Oc2ccc3c(C(=O)Nc4cccc(F)c4)cccc3c2)n1.